The summed E-state index contributed by atoms with van der Waals surface area (Å²) in [6, 6.07) is 22.4. The molecule has 3 aromatic rings. The third-order valence-electron chi connectivity index (χ3n) is 5.85. The smallest absolute Gasteiger partial charge is 0.408 e. The van der Waals surface area contributed by atoms with E-state index in [2.05, 4.69) is 10.6 Å². The number of ether oxygens (including phenoxy) is 4. The summed E-state index contributed by atoms with van der Waals surface area (Å²) in [4.78, 5) is 37.6. The van der Waals surface area contributed by atoms with Gasteiger partial charge in [-0.3, -0.25) is 4.79 Å². The summed E-state index contributed by atoms with van der Waals surface area (Å²) in [7, 11) is 4.39. The molecule has 9 heteroatoms. The van der Waals surface area contributed by atoms with E-state index in [1.807, 2.05) is 78.9 Å². The van der Waals surface area contributed by atoms with E-state index < -0.39 is 24.1 Å². The zero-order valence-electron chi connectivity index (χ0n) is 21.6. The molecule has 0 aliphatic heterocycles. The molecule has 2 amide bonds. The van der Waals surface area contributed by atoms with E-state index in [4.69, 9.17) is 18.9 Å². The van der Waals surface area contributed by atoms with Crippen molar-refractivity contribution in [2.45, 2.75) is 31.5 Å². The van der Waals surface area contributed by atoms with Crippen molar-refractivity contribution in [3.05, 3.63) is 95.6 Å². The molecule has 3 rings (SSSR count). The molecule has 0 bridgehead atoms. The van der Waals surface area contributed by atoms with E-state index >= 15 is 0 Å². The van der Waals surface area contributed by atoms with Gasteiger partial charge in [0.05, 0.1) is 27.4 Å². The van der Waals surface area contributed by atoms with Crippen molar-refractivity contribution < 1.29 is 33.3 Å². The number of hydrogen-bond donors (Lipinski definition) is 2. The fraction of sp³-hybridized carbons (Fsp3) is 0.276. The van der Waals surface area contributed by atoms with Gasteiger partial charge in [-0.25, -0.2) is 9.59 Å². The van der Waals surface area contributed by atoms with Crippen LogP contribution < -0.4 is 20.1 Å². The van der Waals surface area contributed by atoms with Crippen molar-refractivity contribution in [1.82, 2.24) is 10.6 Å². The maximum Gasteiger partial charge on any atom is 0.408 e. The quantitative estimate of drug-likeness (QED) is 0.345. The van der Waals surface area contributed by atoms with E-state index in [0.29, 0.717) is 11.5 Å². The van der Waals surface area contributed by atoms with Gasteiger partial charge in [-0.05, 0) is 47.4 Å². The van der Waals surface area contributed by atoms with Gasteiger partial charge in [0.15, 0.2) is 0 Å². The number of esters is 1. The number of benzene rings is 3. The highest BCUT2D eigenvalue weighted by molar-refractivity contribution is 5.83. The molecule has 200 valence electrons. The predicted molar refractivity (Wildman–Crippen MR) is 141 cm³/mol. The van der Waals surface area contributed by atoms with Crippen molar-refractivity contribution in [2.24, 2.45) is 0 Å². The minimum absolute atomic E-state index is 0.0247. The molecule has 0 unspecified atom stereocenters. The second kappa shape index (κ2) is 14.3. The monoisotopic (exact) mass is 520 g/mol. The molecule has 1 atom stereocenters. The fourth-order valence-electron chi connectivity index (χ4n) is 3.76. The molecule has 0 fully saturated rings. The normalized spacial score (nSPS) is 11.3. The Kier molecular flexibility index (Phi) is 10.5. The molecule has 2 N–H and O–H groups in total. The highest BCUT2D eigenvalue weighted by atomic mass is 16.6. The molecule has 0 aliphatic rings. The van der Waals surface area contributed by atoms with Gasteiger partial charge in [0.25, 0.3) is 0 Å². The summed E-state index contributed by atoms with van der Waals surface area (Å²) < 4.78 is 20.5. The Morgan fingerprint density at radius 1 is 0.737 bits per heavy atom. The van der Waals surface area contributed by atoms with Crippen LogP contribution in [0.3, 0.4) is 0 Å². The second-order valence-corrected chi connectivity index (χ2v) is 8.37. The minimum atomic E-state index is -1.05. The Morgan fingerprint density at radius 3 is 1.79 bits per heavy atom. The summed E-state index contributed by atoms with van der Waals surface area (Å²) in [5.74, 6) is 0.408. The number of amides is 2. The zero-order chi connectivity index (χ0) is 27.3. The average Bonchev–Trinajstić information content (AvgIpc) is 2.97. The van der Waals surface area contributed by atoms with Gasteiger partial charge in [-0.1, -0.05) is 54.6 Å². The van der Waals surface area contributed by atoms with Crippen molar-refractivity contribution in [3.8, 4) is 11.5 Å². The Balaban J connectivity index is 1.65. The van der Waals surface area contributed by atoms with Crippen LogP contribution in [0.5, 0.6) is 11.5 Å². The number of methoxy groups -OCH3 is 3. The van der Waals surface area contributed by atoms with Gasteiger partial charge in [-0.15, -0.1) is 0 Å². The van der Waals surface area contributed by atoms with E-state index in [1.165, 1.54) is 7.11 Å². The van der Waals surface area contributed by atoms with Crippen LogP contribution in [0.1, 0.15) is 35.6 Å². The van der Waals surface area contributed by atoms with Crippen LogP contribution in [0.2, 0.25) is 0 Å². The predicted octanol–water partition coefficient (Wildman–Crippen LogP) is 4.16. The molecule has 0 spiro atoms. The standard InChI is InChI=1S/C29H32N2O7/c1-35-23-13-9-21(10-14-23)27(22-11-15-24(36-2)16-12-22)31-26(32)18-17-25(28(33)37-3)30-29(34)38-19-20-7-5-4-6-8-20/h4-16,25,27H,17-19H2,1-3H3,(H,30,34)(H,31,32)/t25-/m0/s1. The Bertz CT molecular complexity index is 1130. The van der Waals surface area contributed by atoms with Crippen LogP contribution in [0.4, 0.5) is 4.79 Å². The lowest BCUT2D eigenvalue weighted by molar-refractivity contribution is -0.143. The highest BCUT2D eigenvalue weighted by Gasteiger charge is 2.24. The first-order valence-electron chi connectivity index (χ1n) is 12.1. The molecule has 0 saturated carbocycles. The van der Waals surface area contributed by atoms with Crippen molar-refractivity contribution in [1.29, 1.82) is 0 Å². The third-order valence-corrected chi connectivity index (χ3v) is 5.85. The Hall–Kier alpha value is -4.53. The molecule has 0 radical (unpaired) electrons. The second-order valence-electron chi connectivity index (χ2n) is 8.37. The lowest BCUT2D eigenvalue weighted by Crippen LogP contribution is -2.42. The van der Waals surface area contributed by atoms with E-state index in [1.54, 1.807) is 14.2 Å². The maximum absolute atomic E-state index is 13.0. The Labute approximate surface area is 222 Å². The highest BCUT2D eigenvalue weighted by Crippen LogP contribution is 2.26. The maximum atomic E-state index is 13.0. The van der Waals surface area contributed by atoms with Gasteiger partial charge in [0.2, 0.25) is 5.91 Å². The summed E-state index contributed by atoms with van der Waals surface area (Å²) in [6.45, 7) is 0.0481. The van der Waals surface area contributed by atoms with Crippen LogP contribution >= 0.6 is 0 Å². The minimum Gasteiger partial charge on any atom is -0.497 e. The average molecular weight is 521 g/mol. The number of carbonyl (C=O) groups excluding carboxylic acids is 3. The zero-order valence-corrected chi connectivity index (χ0v) is 21.6. The summed E-state index contributed by atoms with van der Waals surface area (Å²) >= 11 is 0. The topological polar surface area (TPSA) is 112 Å². The van der Waals surface area contributed by atoms with Crippen LogP contribution in [-0.4, -0.2) is 45.3 Å². The van der Waals surface area contributed by atoms with Gasteiger partial charge >= 0.3 is 12.1 Å². The number of rotatable bonds is 12. The van der Waals surface area contributed by atoms with Gasteiger partial charge < -0.3 is 29.6 Å². The molecule has 0 aromatic heterocycles. The van der Waals surface area contributed by atoms with Crippen LogP contribution in [0, 0.1) is 0 Å². The van der Waals surface area contributed by atoms with Crippen LogP contribution in [0.25, 0.3) is 0 Å². The molecular formula is C29H32N2O7. The van der Waals surface area contributed by atoms with E-state index in [0.717, 1.165) is 16.7 Å². The number of alkyl carbamates (subject to hydrolysis) is 1. The lowest BCUT2D eigenvalue weighted by atomic mass is 9.98. The molecule has 0 aliphatic carbocycles. The first-order valence-corrected chi connectivity index (χ1v) is 12.1. The van der Waals surface area contributed by atoms with Crippen molar-refractivity contribution in [2.75, 3.05) is 21.3 Å². The summed E-state index contributed by atoms with van der Waals surface area (Å²) in [5.41, 5.74) is 2.49. The van der Waals surface area contributed by atoms with Crippen molar-refractivity contribution in [3.63, 3.8) is 0 Å². The lowest BCUT2D eigenvalue weighted by Gasteiger charge is -2.21. The first-order chi connectivity index (χ1) is 18.4. The number of nitrogens with one attached hydrogen (secondary N) is 2. The molecule has 38 heavy (non-hydrogen) atoms. The van der Waals surface area contributed by atoms with E-state index in [9.17, 15) is 14.4 Å². The molecule has 3 aromatic carbocycles. The number of hydrogen-bond acceptors (Lipinski definition) is 7. The summed E-state index contributed by atoms with van der Waals surface area (Å²) in [5, 5.41) is 5.51. The molecule has 0 saturated heterocycles. The third kappa shape index (κ3) is 8.26. The van der Waals surface area contributed by atoms with Crippen LogP contribution in [0.15, 0.2) is 78.9 Å². The fourth-order valence-corrected chi connectivity index (χ4v) is 3.76. The molecular weight excluding hydrogens is 488 g/mol. The number of carbonyl (C=O) groups is 3. The molecule has 9 nitrogen and oxygen atoms in total. The molecule has 0 heterocycles. The first kappa shape index (κ1) is 28.0. The largest absolute Gasteiger partial charge is 0.497 e. The van der Waals surface area contributed by atoms with Crippen LogP contribution in [-0.2, 0) is 25.7 Å². The van der Waals surface area contributed by atoms with Gasteiger partial charge in [0.1, 0.15) is 24.1 Å². The Morgan fingerprint density at radius 2 is 1.29 bits per heavy atom. The van der Waals surface area contributed by atoms with E-state index in [-0.39, 0.29) is 25.4 Å². The SMILES string of the molecule is COC(=O)[C@H](CCC(=O)NC(c1ccc(OC)cc1)c1ccc(OC)cc1)NC(=O)OCc1ccccc1. The van der Waals surface area contributed by atoms with Gasteiger partial charge in [0, 0.05) is 6.42 Å². The summed E-state index contributed by atoms with van der Waals surface area (Å²) in [6.07, 6.45) is -0.794. The van der Waals surface area contributed by atoms with Crippen molar-refractivity contribution >= 4 is 18.0 Å². The van der Waals surface area contributed by atoms with Gasteiger partial charge in [-0.2, -0.15) is 0 Å².